The molecule has 1 aliphatic rings. The number of aliphatic imine (C=N–C) groups is 1. The van der Waals surface area contributed by atoms with Gasteiger partial charge >= 0.3 is 0 Å². The minimum absolute atomic E-state index is 0.720. The number of nitrogens with zero attached hydrogens (tertiary/aromatic N) is 4. The minimum Gasteiger partial charge on any atom is -0.356 e. The van der Waals surface area contributed by atoms with Crippen LogP contribution in [0.5, 0.6) is 0 Å². The molecule has 27 heavy (non-hydrogen) atoms. The Morgan fingerprint density at radius 3 is 2.96 bits per heavy atom. The van der Waals surface area contributed by atoms with Gasteiger partial charge in [0, 0.05) is 33.2 Å². The molecule has 0 radical (unpaired) electrons. The number of rotatable bonds is 7. The van der Waals surface area contributed by atoms with E-state index in [1.54, 1.807) is 0 Å². The monoisotopic (exact) mass is 370 g/mol. The molecule has 0 saturated carbocycles. The zero-order chi connectivity index (χ0) is 19.1. The number of piperidine rings is 1. The van der Waals surface area contributed by atoms with E-state index in [9.17, 15) is 0 Å². The number of imidazole rings is 1. The summed E-state index contributed by atoms with van der Waals surface area (Å²) >= 11 is 0. The molecular weight excluding hydrogens is 336 g/mol. The fourth-order valence-electron chi connectivity index (χ4n) is 3.99. The summed E-state index contributed by atoms with van der Waals surface area (Å²) in [5, 5.41) is 6.97. The van der Waals surface area contributed by atoms with Gasteiger partial charge < -0.3 is 20.1 Å². The first kappa shape index (κ1) is 19.7. The summed E-state index contributed by atoms with van der Waals surface area (Å²) in [6.07, 6.45) is 3.66. The molecule has 0 aliphatic carbocycles. The highest BCUT2D eigenvalue weighted by atomic mass is 15.2. The Hall–Kier alpha value is -2.08. The van der Waals surface area contributed by atoms with E-state index in [0.717, 1.165) is 55.8 Å². The molecule has 2 aromatic rings. The van der Waals surface area contributed by atoms with Crippen molar-refractivity contribution in [3.63, 3.8) is 0 Å². The minimum atomic E-state index is 0.720. The molecule has 0 bridgehead atoms. The fraction of sp³-hybridized carbons (Fsp3) is 0.619. The van der Waals surface area contributed by atoms with Crippen LogP contribution in [0.3, 0.4) is 0 Å². The first-order valence-corrected chi connectivity index (χ1v) is 10.3. The van der Waals surface area contributed by atoms with Gasteiger partial charge in [-0.05, 0) is 57.3 Å². The van der Waals surface area contributed by atoms with Gasteiger partial charge in [-0.3, -0.25) is 4.99 Å². The van der Waals surface area contributed by atoms with Crippen molar-refractivity contribution in [2.24, 2.45) is 10.9 Å². The van der Waals surface area contributed by atoms with Gasteiger partial charge in [-0.25, -0.2) is 4.98 Å². The van der Waals surface area contributed by atoms with Crippen LogP contribution >= 0.6 is 0 Å². The maximum atomic E-state index is 4.64. The number of aryl methyl sites for hydroxylation is 2. The Kier molecular flexibility index (Phi) is 7.10. The Bertz CT molecular complexity index is 750. The van der Waals surface area contributed by atoms with Crippen LogP contribution < -0.4 is 10.6 Å². The summed E-state index contributed by atoms with van der Waals surface area (Å²) in [4.78, 5) is 11.6. The lowest BCUT2D eigenvalue weighted by Gasteiger charge is -2.32. The molecule has 1 aromatic carbocycles. The number of nitrogens with one attached hydrogen (secondary N) is 2. The van der Waals surface area contributed by atoms with E-state index in [-0.39, 0.29) is 0 Å². The molecule has 3 rings (SSSR count). The zero-order valence-corrected chi connectivity index (χ0v) is 17.0. The molecule has 148 valence electrons. The van der Waals surface area contributed by atoms with E-state index >= 15 is 0 Å². The van der Waals surface area contributed by atoms with Crippen LogP contribution in [-0.4, -0.2) is 60.2 Å². The van der Waals surface area contributed by atoms with Gasteiger partial charge in [0.05, 0.1) is 11.0 Å². The summed E-state index contributed by atoms with van der Waals surface area (Å²) < 4.78 is 2.30. The molecule has 6 nitrogen and oxygen atoms in total. The molecule has 0 spiro atoms. The zero-order valence-electron chi connectivity index (χ0n) is 17.0. The molecule has 1 saturated heterocycles. The van der Waals surface area contributed by atoms with E-state index < -0.39 is 0 Å². The van der Waals surface area contributed by atoms with E-state index in [1.165, 1.54) is 31.4 Å². The van der Waals surface area contributed by atoms with Crippen LogP contribution in [0.2, 0.25) is 0 Å². The van der Waals surface area contributed by atoms with E-state index in [4.69, 9.17) is 0 Å². The summed E-state index contributed by atoms with van der Waals surface area (Å²) in [5.74, 6) is 2.71. The van der Waals surface area contributed by atoms with Crippen molar-refractivity contribution < 1.29 is 0 Å². The number of aromatic nitrogens is 2. The number of benzene rings is 1. The second kappa shape index (κ2) is 9.74. The van der Waals surface area contributed by atoms with Crippen molar-refractivity contribution in [3.05, 3.63) is 30.1 Å². The Morgan fingerprint density at radius 2 is 2.15 bits per heavy atom. The highest BCUT2D eigenvalue weighted by molar-refractivity contribution is 5.79. The van der Waals surface area contributed by atoms with Crippen LogP contribution in [0.25, 0.3) is 11.0 Å². The first-order valence-electron chi connectivity index (χ1n) is 10.3. The molecule has 0 amide bonds. The summed E-state index contributed by atoms with van der Waals surface area (Å²) in [7, 11) is 1.85. The van der Waals surface area contributed by atoms with Gasteiger partial charge in [-0.1, -0.05) is 19.1 Å². The van der Waals surface area contributed by atoms with Gasteiger partial charge in [0.25, 0.3) is 0 Å². The lowest BCUT2D eigenvalue weighted by atomic mass is 9.98. The second-order valence-corrected chi connectivity index (χ2v) is 7.43. The van der Waals surface area contributed by atoms with Crippen molar-refractivity contribution in [3.8, 4) is 0 Å². The fourth-order valence-corrected chi connectivity index (χ4v) is 3.99. The van der Waals surface area contributed by atoms with Crippen molar-refractivity contribution in [2.75, 3.05) is 39.8 Å². The Labute approximate surface area is 163 Å². The third-order valence-corrected chi connectivity index (χ3v) is 5.53. The second-order valence-electron chi connectivity index (χ2n) is 7.43. The molecule has 1 unspecified atom stereocenters. The van der Waals surface area contributed by atoms with Crippen LogP contribution in [0.1, 0.15) is 32.0 Å². The maximum absolute atomic E-state index is 4.64. The highest BCUT2D eigenvalue weighted by Crippen LogP contribution is 2.16. The molecule has 1 aromatic heterocycles. The molecule has 1 fully saturated rings. The van der Waals surface area contributed by atoms with Crippen molar-refractivity contribution >= 4 is 17.0 Å². The summed E-state index contributed by atoms with van der Waals surface area (Å²) in [5.41, 5.74) is 2.30. The maximum Gasteiger partial charge on any atom is 0.190 e. The molecule has 1 aliphatic heterocycles. The van der Waals surface area contributed by atoms with Crippen molar-refractivity contribution in [1.29, 1.82) is 0 Å². The molecule has 1 atom stereocenters. The van der Waals surface area contributed by atoms with Gasteiger partial charge in [0.1, 0.15) is 5.82 Å². The van der Waals surface area contributed by atoms with Gasteiger partial charge in [-0.15, -0.1) is 0 Å². The quantitative estimate of drug-likeness (QED) is 0.447. The van der Waals surface area contributed by atoms with Gasteiger partial charge in [0.15, 0.2) is 5.96 Å². The normalized spacial score (nSPS) is 18.8. The predicted octanol–water partition coefficient (Wildman–Crippen LogP) is 2.63. The number of likely N-dealkylation sites (tertiary alicyclic amines) is 1. The molecule has 2 heterocycles. The molecule has 6 heteroatoms. The first-order chi connectivity index (χ1) is 13.2. The van der Waals surface area contributed by atoms with Crippen LogP contribution in [-0.2, 0) is 6.54 Å². The number of fused-ring (bicyclic) bond motifs is 1. The highest BCUT2D eigenvalue weighted by Gasteiger charge is 2.18. The number of hydrogen-bond acceptors (Lipinski definition) is 3. The number of para-hydroxylation sites is 2. The topological polar surface area (TPSA) is 57.5 Å². The van der Waals surface area contributed by atoms with E-state index in [2.05, 4.69) is 62.1 Å². The van der Waals surface area contributed by atoms with Crippen LogP contribution in [0.4, 0.5) is 0 Å². The van der Waals surface area contributed by atoms with Gasteiger partial charge in [0.2, 0.25) is 0 Å². The standard InChI is InChI=1S/C21H34N6/c1-4-26-13-7-9-18(16-26)15-24-21(22-3)23-12-8-14-27-17(2)25-19-10-5-6-11-20(19)27/h5-6,10-11,18H,4,7-9,12-16H2,1-3H3,(H2,22,23,24). The summed E-state index contributed by atoms with van der Waals surface area (Å²) in [6.45, 7) is 10.8. The lowest BCUT2D eigenvalue weighted by molar-refractivity contribution is 0.183. The number of hydrogen-bond donors (Lipinski definition) is 2. The SMILES string of the molecule is CCN1CCCC(CNC(=NC)NCCCn2c(C)nc3ccccc32)C1. The van der Waals surface area contributed by atoms with Crippen LogP contribution in [0, 0.1) is 12.8 Å². The third kappa shape index (κ3) is 5.22. The van der Waals surface area contributed by atoms with E-state index in [0.29, 0.717) is 0 Å². The Morgan fingerprint density at radius 1 is 1.30 bits per heavy atom. The van der Waals surface area contributed by atoms with Crippen LogP contribution in [0.15, 0.2) is 29.3 Å². The van der Waals surface area contributed by atoms with E-state index in [1.807, 2.05) is 13.1 Å². The molecule has 2 N–H and O–H groups in total. The van der Waals surface area contributed by atoms with Crippen molar-refractivity contribution in [2.45, 2.75) is 39.7 Å². The average molecular weight is 371 g/mol. The predicted molar refractivity (Wildman–Crippen MR) is 113 cm³/mol. The van der Waals surface area contributed by atoms with Crippen molar-refractivity contribution in [1.82, 2.24) is 25.1 Å². The smallest absolute Gasteiger partial charge is 0.190 e. The molecular formula is C21H34N6. The average Bonchev–Trinajstić information content (AvgIpc) is 3.02. The third-order valence-electron chi connectivity index (χ3n) is 5.53. The number of guanidine groups is 1. The summed E-state index contributed by atoms with van der Waals surface area (Å²) in [6, 6.07) is 8.35. The largest absolute Gasteiger partial charge is 0.356 e. The Balaban J connectivity index is 1.41. The lowest BCUT2D eigenvalue weighted by Crippen LogP contribution is -2.44. The van der Waals surface area contributed by atoms with Gasteiger partial charge in [-0.2, -0.15) is 0 Å².